The van der Waals surface area contributed by atoms with E-state index >= 15 is 4.39 Å². The van der Waals surface area contributed by atoms with Crippen LogP contribution in [0, 0.1) is 11.7 Å². The van der Waals surface area contributed by atoms with Crippen molar-refractivity contribution < 1.29 is 32.6 Å². The van der Waals surface area contributed by atoms with Gasteiger partial charge in [-0.25, -0.2) is 9.29 Å². The van der Waals surface area contributed by atoms with Crippen LogP contribution in [0.3, 0.4) is 0 Å². The van der Waals surface area contributed by atoms with Crippen molar-refractivity contribution in [1.82, 2.24) is 9.88 Å². The molecular weight excluding hydrogens is 541 g/mol. The van der Waals surface area contributed by atoms with Gasteiger partial charge in [0.1, 0.15) is 5.52 Å². The maximum absolute atomic E-state index is 15.7. The van der Waals surface area contributed by atoms with E-state index in [1.807, 2.05) is 4.90 Å². The quantitative estimate of drug-likeness (QED) is 0.244. The van der Waals surface area contributed by atoms with Gasteiger partial charge in [-0.15, -0.1) is 0 Å². The number of hydrogen-bond donors (Lipinski definition) is 1. The smallest absolute Gasteiger partial charge is 0.308 e. The Hall–Kier alpha value is -3.05. The summed E-state index contributed by atoms with van der Waals surface area (Å²) in [5, 5.41) is 3.43. The van der Waals surface area contributed by atoms with E-state index in [4.69, 9.17) is 30.2 Å². The summed E-state index contributed by atoms with van der Waals surface area (Å²) in [5.41, 5.74) is 0.960. The van der Waals surface area contributed by atoms with Crippen LogP contribution in [-0.4, -0.2) is 61.0 Å². The second-order valence-corrected chi connectivity index (χ2v) is 10.6. The largest absolute Gasteiger partial charge is 0.469 e. The number of para-hydroxylation sites is 1. The molecule has 3 aromatic rings. The average molecular weight is 574 g/mol. The molecule has 1 N–H and O–H groups in total. The highest BCUT2D eigenvalue weighted by atomic mass is 35.5. The number of carbonyl (C=O) groups excluding carboxylic acids is 2. The minimum Gasteiger partial charge on any atom is -0.469 e. The van der Waals surface area contributed by atoms with Gasteiger partial charge in [0.05, 0.1) is 29.8 Å². The first-order valence-corrected chi connectivity index (χ1v) is 13.9. The maximum atomic E-state index is 15.7. The van der Waals surface area contributed by atoms with Gasteiger partial charge in [-0.05, 0) is 62.3 Å². The summed E-state index contributed by atoms with van der Waals surface area (Å²) in [6.45, 7) is 1.25. The Bertz CT molecular complexity index is 1370. The zero-order valence-corrected chi connectivity index (χ0v) is 23.3. The Morgan fingerprint density at radius 2 is 1.85 bits per heavy atom. The normalized spacial score (nSPS) is 21.3. The number of nitrogens with zero attached hydrogens (tertiary/aromatic N) is 2. The van der Waals surface area contributed by atoms with Crippen molar-refractivity contribution >= 4 is 46.2 Å². The van der Waals surface area contributed by atoms with E-state index in [9.17, 15) is 9.59 Å². The number of halogens is 2. The first-order valence-electron chi connectivity index (χ1n) is 13.5. The van der Waals surface area contributed by atoms with Gasteiger partial charge in [0.2, 0.25) is 5.78 Å². The summed E-state index contributed by atoms with van der Waals surface area (Å²) < 4.78 is 38.5. The maximum Gasteiger partial charge on any atom is 0.308 e. The number of esters is 1. The molecule has 11 heteroatoms. The third-order valence-electron chi connectivity index (χ3n) is 7.73. The summed E-state index contributed by atoms with van der Waals surface area (Å²) in [6.07, 6.45) is 3.63. The first-order chi connectivity index (χ1) is 19.3. The van der Waals surface area contributed by atoms with E-state index < -0.39 is 17.5 Å². The summed E-state index contributed by atoms with van der Waals surface area (Å²) in [7, 11) is 2.83. The van der Waals surface area contributed by atoms with Gasteiger partial charge in [0.15, 0.2) is 11.4 Å². The molecule has 1 aliphatic carbocycles. The van der Waals surface area contributed by atoms with E-state index in [2.05, 4.69) is 10.3 Å². The van der Waals surface area contributed by atoms with Gasteiger partial charge in [-0.2, -0.15) is 4.98 Å². The number of ketones is 1. The molecule has 40 heavy (non-hydrogen) atoms. The van der Waals surface area contributed by atoms with E-state index in [0.717, 1.165) is 12.8 Å². The molecule has 1 unspecified atom stereocenters. The van der Waals surface area contributed by atoms with Crippen LogP contribution in [0.1, 0.15) is 44.1 Å². The molecule has 1 aromatic heterocycles. The second-order valence-electron chi connectivity index (χ2n) is 10.2. The van der Waals surface area contributed by atoms with Gasteiger partial charge in [0, 0.05) is 26.6 Å². The number of anilines is 2. The molecule has 1 aliphatic heterocycles. The van der Waals surface area contributed by atoms with E-state index in [1.165, 1.54) is 20.3 Å². The Labute approximate surface area is 236 Å². The topological polar surface area (TPSA) is 103 Å². The molecule has 0 bridgehead atoms. The van der Waals surface area contributed by atoms with Crippen molar-refractivity contribution in [3.63, 3.8) is 0 Å². The lowest BCUT2D eigenvalue weighted by Crippen LogP contribution is -2.59. The van der Waals surface area contributed by atoms with Crippen molar-refractivity contribution in [2.45, 2.75) is 57.0 Å². The molecule has 2 fully saturated rings. The highest BCUT2D eigenvalue weighted by molar-refractivity contribution is 6.33. The summed E-state index contributed by atoms with van der Waals surface area (Å²) in [5.74, 6) is -3.13. The SMILES string of the molecule is COC(=O)C1CCC(OC(OC)(C(=O)Cc2ccc3nc(Nc4ccccc4Cl)oc3c2F)N2CCCC2)CC1. The number of hydrogen-bond acceptors (Lipinski definition) is 9. The minimum absolute atomic E-state index is 0.0638. The molecule has 1 saturated carbocycles. The molecular formula is C29H33ClFN3O6. The van der Waals surface area contributed by atoms with Gasteiger partial charge in [-0.1, -0.05) is 29.8 Å². The molecule has 5 rings (SSSR count). The molecule has 0 amide bonds. The number of carbonyl (C=O) groups is 2. The molecule has 2 aromatic carbocycles. The fourth-order valence-electron chi connectivity index (χ4n) is 5.58. The number of Topliss-reactive ketones (excluding diaryl/α,β-unsaturated/α-hetero) is 1. The van der Waals surface area contributed by atoms with Gasteiger partial charge in [0.25, 0.3) is 11.9 Å². The van der Waals surface area contributed by atoms with Crippen LogP contribution in [0.15, 0.2) is 40.8 Å². The van der Waals surface area contributed by atoms with Crippen molar-refractivity contribution in [3.05, 3.63) is 52.8 Å². The monoisotopic (exact) mass is 573 g/mol. The van der Waals surface area contributed by atoms with Crippen molar-refractivity contribution in [3.8, 4) is 0 Å². The van der Waals surface area contributed by atoms with E-state index in [1.54, 1.807) is 30.3 Å². The molecule has 2 aliphatic rings. The number of benzene rings is 2. The third-order valence-corrected chi connectivity index (χ3v) is 8.06. The first kappa shape index (κ1) is 28.5. The minimum atomic E-state index is -1.65. The molecule has 9 nitrogen and oxygen atoms in total. The lowest BCUT2D eigenvalue weighted by molar-refractivity contribution is -0.301. The number of methoxy groups -OCH3 is 2. The molecule has 1 saturated heterocycles. The number of oxazole rings is 1. The van der Waals surface area contributed by atoms with Crippen LogP contribution in [0.5, 0.6) is 0 Å². The fourth-order valence-corrected chi connectivity index (χ4v) is 5.76. The standard InChI is InChI=1S/C29H33ClFN3O6/c1-37-27(36)18-9-12-20(13-10-18)40-29(38-2,34-15-5-6-16-34)24(35)17-19-11-14-23-26(25(19)31)39-28(33-23)32-22-8-4-3-7-21(22)30/h3-4,7-8,11,14,18,20H,5-6,9-10,12-13,15-17H2,1-2H3,(H,32,33). The van der Waals surface area contributed by atoms with Crippen LogP contribution < -0.4 is 5.32 Å². The summed E-state index contributed by atoms with van der Waals surface area (Å²) in [6, 6.07) is 10.3. The van der Waals surface area contributed by atoms with Crippen LogP contribution >= 0.6 is 11.6 Å². The van der Waals surface area contributed by atoms with Crippen LogP contribution in [0.25, 0.3) is 11.1 Å². The Morgan fingerprint density at radius 1 is 1.12 bits per heavy atom. The fraction of sp³-hybridized carbons (Fsp3) is 0.483. The number of rotatable bonds is 10. The van der Waals surface area contributed by atoms with Gasteiger partial charge >= 0.3 is 5.97 Å². The lowest BCUT2D eigenvalue weighted by atomic mass is 9.87. The molecule has 0 spiro atoms. The van der Waals surface area contributed by atoms with Crippen LogP contribution in [-0.2, 0) is 30.2 Å². The predicted octanol–water partition coefficient (Wildman–Crippen LogP) is 5.62. The average Bonchev–Trinajstić information content (AvgIpc) is 3.65. The Balaban J connectivity index is 1.36. The van der Waals surface area contributed by atoms with Crippen LogP contribution in [0.4, 0.5) is 16.1 Å². The van der Waals surface area contributed by atoms with Crippen molar-refractivity contribution in [2.24, 2.45) is 5.92 Å². The molecule has 0 radical (unpaired) electrons. The van der Waals surface area contributed by atoms with Gasteiger partial charge < -0.3 is 23.9 Å². The van der Waals surface area contributed by atoms with Crippen LogP contribution in [0.2, 0.25) is 5.02 Å². The zero-order valence-electron chi connectivity index (χ0n) is 22.6. The number of ether oxygens (including phenoxy) is 3. The highest BCUT2D eigenvalue weighted by Gasteiger charge is 2.49. The Kier molecular flexibility index (Phi) is 8.70. The van der Waals surface area contributed by atoms with Crippen molar-refractivity contribution in [2.75, 3.05) is 32.6 Å². The summed E-state index contributed by atoms with van der Waals surface area (Å²) >= 11 is 6.20. The number of fused-ring (bicyclic) bond motifs is 1. The molecule has 2 heterocycles. The van der Waals surface area contributed by atoms with E-state index in [0.29, 0.717) is 55.0 Å². The summed E-state index contributed by atoms with van der Waals surface area (Å²) in [4.78, 5) is 32.1. The number of likely N-dealkylation sites (tertiary alicyclic amines) is 1. The van der Waals surface area contributed by atoms with E-state index in [-0.39, 0.29) is 41.6 Å². The third kappa shape index (κ3) is 5.72. The highest BCUT2D eigenvalue weighted by Crippen LogP contribution is 2.35. The number of nitrogens with one attached hydrogen (secondary N) is 1. The zero-order chi connectivity index (χ0) is 28.3. The predicted molar refractivity (Wildman–Crippen MR) is 147 cm³/mol. The lowest BCUT2D eigenvalue weighted by Gasteiger charge is -2.42. The Morgan fingerprint density at radius 3 is 2.52 bits per heavy atom. The second kappa shape index (κ2) is 12.2. The van der Waals surface area contributed by atoms with Crippen molar-refractivity contribution in [1.29, 1.82) is 0 Å². The number of aromatic nitrogens is 1. The van der Waals surface area contributed by atoms with Gasteiger partial charge in [-0.3, -0.25) is 9.59 Å². The molecule has 214 valence electrons. The molecule has 1 atom stereocenters.